The van der Waals surface area contributed by atoms with Gasteiger partial charge in [-0.05, 0) is 49.8 Å². The van der Waals surface area contributed by atoms with Gasteiger partial charge in [0.25, 0.3) is 5.91 Å². The fraction of sp³-hybridized carbons (Fsp3) is 0.588. The minimum Gasteiger partial charge on any atom is -0.483 e. The molecule has 0 aromatic heterocycles. The molecular formula is C17H26N2O2. The summed E-state index contributed by atoms with van der Waals surface area (Å²) in [4.78, 5) is 11.6. The van der Waals surface area contributed by atoms with Crippen LogP contribution < -0.4 is 15.4 Å². The van der Waals surface area contributed by atoms with Crippen molar-refractivity contribution in [2.24, 2.45) is 0 Å². The van der Waals surface area contributed by atoms with Crippen LogP contribution in [0.1, 0.15) is 42.9 Å². The number of aryl methyl sites for hydroxylation is 2. The molecular weight excluding hydrogens is 264 g/mol. The predicted octanol–water partition coefficient (Wildman–Crippen LogP) is 2.46. The molecule has 1 fully saturated rings. The molecule has 1 saturated carbocycles. The zero-order chi connectivity index (χ0) is 15.2. The molecule has 1 aromatic carbocycles. The summed E-state index contributed by atoms with van der Waals surface area (Å²) in [7, 11) is 0. The molecule has 0 radical (unpaired) electrons. The minimum absolute atomic E-state index is 0.0601. The molecule has 0 saturated heterocycles. The second kappa shape index (κ2) is 7.46. The Hall–Kier alpha value is -1.55. The maximum absolute atomic E-state index is 11.6. The van der Waals surface area contributed by atoms with Gasteiger partial charge < -0.3 is 15.4 Å². The Kier molecular flexibility index (Phi) is 5.62. The van der Waals surface area contributed by atoms with Crippen molar-refractivity contribution < 1.29 is 9.53 Å². The maximum atomic E-state index is 11.6. The third kappa shape index (κ3) is 5.05. The normalized spacial score (nSPS) is 14.0. The maximum Gasteiger partial charge on any atom is 0.257 e. The van der Waals surface area contributed by atoms with Crippen LogP contribution in [0.5, 0.6) is 5.75 Å². The van der Waals surface area contributed by atoms with E-state index in [9.17, 15) is 4.79 Å². The van der Waals surface area contributed by atoms with Crippen LogP contribution in [0.25, 0.3) is 0 Å². The Morgan fingerprint density at radius 3 is 2.52 bits per heavy atom. The topological polar surface area (TPSA) is 50.4 Å². The lowest BCUT2D eigenvalue weighted by Crippen LogP contribution is -2.29. The Labute approximate surface area is 127 Å². The first-order valence-electron chi connectivity index (χ1n) is 7.83. The van der Waals surface area contributed by atoms with E-state index in [1.807, 2.05) is 20.8 Å². The third-order valence-corrected chi connectivity index (χ3v) is 3.61. The molecule has 2 N–H and O–H groups in total. The van der Waals surface area contributed by atoms with Crippen LogP contribution >= 0.6 is 0 Å². The van der Waals surface area contributed by atoms with Gasteiger partial charge >= 0.3 is 0 Å². The molecule has 21 heavy (non-hydrogen) atoms. The van der Waals surface area contributed by atoms with Crippen LogP contribution in [0.3, 0.4) is 0 Å². The molecule has 0 unspecified atom stereocenters. The highest BCUT2D eigenvalue weighted by Crippen LogP contribution is 2.26. The number of carbonyl (C=O) groups is 1. The Balaban J connectivity index is 1.91. The fourth-order valence-electron chi connectivity index (χ4n) is 2.37. The largest absolute Gasteiger partial charge is 0.483 e. The molecule has 2 rings (SSSR count). The smallest absolute Gasteiger partial charge is 0.257 e. The van der Waals surface area contributed by atoms with Crippen molar-refractivity contribution in [3.63, 3.8) is 0 Å². The summed E-state index contributed by atoms with van der Waals surface area (Å²) in [5.74, 6) is 0.770. The molecule has 4 heteroatoms. The van der Waals surface area contributed by atoms with Gasteiger partial charge in [-0.3, -0.25) is 4.79 Å². The molecule has 0 bridgehead atoms. The fourth-order valence-corrected chi connectivity index (χ4v) is 2.37. The number of amides is 1. The first kappa shape index (κ1) is 15.8. The van der Waals surface area contributed by atoms with E-state index in [2.05, 4.69) is 22.8 Å². The molecule has 4 nitrogen and oxygen atoms in total. The van der Waals surface area contributed by atoms with E-state index >= 15 is 0 Å². The number of ether oxygens (including phenoxy) is 1. The number of benzene rings is 1. The van der Waals surface area contributed by atoms with Crippen molar-refractivity contribution in [2.45, 2.75) is 52.6 Å². The van der Waals surface area contributed by atoms with Crippen molar-refractivity contribution in [1.82, 2.24) is 10.6 Å². The molecule has 0 aliphatic heterocycles. The molecule has 0 atom stereocenters. The molecule has 1 aliphatic carbocycles. The van der Waals surface area contributed by atoms with Crippen LogP contribution in [0, 0.1) is 13.8 Å². The standard InChI is InChI=1S/C17H26N2O2/c1-4-7-18-16(20)11-21-17-12(2)8-14(9-13(17)3)10-19-15-5-6-15/h8-9,15,19H,4-7,10-11H2,1-3H3,(H,18,20). The van der Waals surface area contributed by atoms with Gasteiger partial charge in [-0.15, -0.1) is 0 Å². The highest BCUT2D eigenvalue weighted by Gasteiger charge is 2.20. The van der Waals surface area contributed by atoms with E-state index in [1.165, 1.54) is 18.4 Å². The second-order valence-corrected chi connectivity index (χ2v) is 5.85. The van der Waals surface area contributed by atoms with Gasteiger partial charge in [0.05, 0.1) is 0 Å². The van der Waals surface area contributed by atoms with Crippen molar-refractivity contribution in [2.75, 3.05) is 13.2 Å². The van der Waals surface area contributed by atoms with Gasteiger partial charge in [0, 0.05) is 19.1 Å². The first-order chi connectivity index (χ1) is 10.1. The third-order valence-electron chi connectivity index (χ3n) is 3.61. The second-order valence-electron chi connectivity index (χ2n) is 5.85. The van der Waals surface area contributed by atoms with Gasteiger partial charge in [0.15, 0.2) is 6.61 Å². The zero-order valence-electron chi connectivity index (χ0n) is 13.3. The molecule has 1 aliphatic rings. The van der Waals surface area contributed by atoms with E-state index in [0.29, 0.717) is 12.6 Å². The average molecular weight is 290 g/mol. The summed E-state index contributed by atoms with van der Waals surface area (Å²) in [5.41, 5.74) is 3.46. The monoisotopic (exact) mass is 290 g/mol. The van der Waals surface area contributed by atoms with Crippen LogP contribution in [-0.2, 0) is 11.3 Å². The van der Waals surface area contributed by atoms with Gasteiger partial charge in [0.2, 0.25) is 0 Å². The lowest BCUT2D eigenvalue weighted by atomic mass is 10.1. The summed E-state index contributed by atoms with van der Waals surface area (Å²) in [6, 6.07) is 4.99. The molecule has 0 spiro atoms. The number of hydrogen-bond donors (Lipinski definition) is 2. The van der Waals surface area contributed by atoms with Crippen molar-refractivity contribution >= 4 is 5.91 Å². The summed E-state index contributed by atoms with van der Waals surface area (Å²) in [6.45, 7) is 7.79. The van der Waals surface area contributed by atoms with Crippen LogP contribution in [0.4, 0.5) is 0 Å². The van der Waals surface area contributed by atoms with Crippen molar-refractivity contribution in [3.8, 4) is 5.75 Å². The van der Waals surface area contributed by atoms with Gasteiger partial charge in [-0.2, -0.15) is 0 Å². The van der Waals surface area contributed by atoms with E-state index in [1.54, 1.807) is 0 Å². The molecule has 116 valence electrons. The van der Waals surface area contributed by atoms with Gasteiger partial charge in [-0.25, -0.2) is 0 Å². The van der Waals surface area contributed by atoms with Crippen LogP contribution in [-0.4, -0.2) is 25.1 Å². The summed E-state index contributed by atoms with van der Waals surface area (Å²) < 4.78 is 5.69. The quantitative estimate of drug-likeness (QED) is 0.773. The van der Waals surface area contributed by atoms with E-state index in [0.717, 1.165) is 29.8 Å². The van der Waals surface area contributed by atoms with E-state index in [-0.39, 0.29) is 12.5 Å². The Morgan fingerprint density at radius 2 is 1.95 bits per heavy atom. The number of carbonyl (C=O) groups excluding carboxylic acids is 1. The first-order valence-corrected chi connectivity index (χ1v) is 7.83. The van der Waals surface area contributed by atoms with E-state index < -0.39 is 0 Å². The average Bonchev–Trinajstić information content (AvgIpc) is 3.26. The Bertz CT molecular complexity index is 473. The minimum atomic E-state index is -0.0601. The highest BCUT2D eigenvalue weighted by molar-refractivity contribution is 5.77. The zero-order valence-corrected chi connectivity index (χ0v) is 13.3. The summed E-state index contributed by atoms with van der Waals surface area (Å²) >= 11 is 0. The Morgan fingerprint density at radius 1 is 1.29 bits per heavy atom. The SMILES string of the molecule is CCCNC(=O)COc1c(C)cc(CNC2CC2)cc1C. The lowest BCUT2D eigenvalue weighted by molar-refractivity contribution is -0.123. The van der Waals surface area contributed by atoms with E-state index in [4.69, 9.17) is 4.74 Å². The molecule has 1 amide bonds. The number of hydrogen-bond acceptors (Lipinski definition) is 3. The van der Waals surface area contributed by atoms with Gasteiger partial charge in [0.1, 0.15) is 5.75 Å². The molecule has 1 aromatic rings. The molecule has 0 heterocycles. The lowest BCUT2D eigenvalue weighted by Gasteiger charge is -2.14. The van der Waals surface area contributed by atoms with Crippen LogP contribution in [0.2, 0.25) is 0 Å². The van der Waals surface area contributed by atoms with Gasteiger partial charge in [-0.1, -0.05) is 19.1 Å². The number of rotatable bonds is 8. The van der Waals surface area contributed by atoms with Crippen LogP contribution in [0.15, 0.2) is 12.1 Å². The summed E-state index contributed by atoms with van der Waals surface area (Å²) in [5, 5.41) is 6.33. The summed E-state index contributed by atoms with van der Waals surface area (Å²) in [6.07, 6.45) is 3.53. The number of nitrogens with one attached hydrogen (secondary N) is 2. The predicted molar refractivity (Wildman–Crippen MR) is 84.6 cm³/mol. The van der Waals surface area contributed by atoms with Crippen molar-refractivity contribution in [3.05, 3.63) is 28.8 Å². The highest BCUT2D eigenvalue weighted by atomic mass is 16.5. The van der Waals surface area contributed by atoms with Crippen molar-refractivity contribution in [1.29, 1.82) is 0 Å².